The van der Waals surface area contributed by atoms with Crippen LogP contribution in [0.2, 0.25) is 0 Å². The van der Waals surface area contributed by atoms with Gasteiger partial charge in [-0.05, 0) is 23.8 Å². The maximum atomic E-state index is 12.8. The predicted molar refractivity (Wildman–Crippen MR) is 92.1 cm³/mol. The Bertz CT molecular complexity index is 925. The van der Waals surface area contributed by atoms with Crippen molar-refractivity contribution in [3.8, 4) is 0 Å². The number of hydrogen-bond acceptors (Lipinski definition) is 6. The zero-order valence-electron chi connectivity index (χ0n) is 13.0. The molecule has 0 amide bonds. The normalized spacial score (nSPS) is 10.7. The summed E-state index contributed by atoms with van der Waals surface area (Å²) >= 11 is 1.18. The highest BCUT2D eigenvalue weighted by Gasteiger charge is 2.13. The maximum absolute atomic E-state index is 12.8. The fourth-order valence-corrected chi connectivity index (χ4v) is 3.08. The van der Waals surface area contributed by atoms with Crippen LogP contribution >= 0.6 is 11.8 Å². The van der Waals surface area contributed by atoms with Crippen molar-refractivity contribution < 1.29 is 9.53 Å². The Balaban J connectivity index is 2.07. The molecule has 1 aromatic carbocycles. The lowest BCUT2D eigenvalue weighted by molar-refractivity contribution is -0.137. The summed E-state index contributed by atoms with van der Waals surface area (Å²) in [5.41, 5.74) is 1.35. The zero-order chi connectivity index (χ0) is 16.9. The van der Waals surface area contributed by atoms with Crippen LogP contribution in [0.25, 0.3) is 10.9 Å². The van der Waals surface area contributed by atoms with Gasteiger partial charge in [-0.25, -0.2) is 4.98 Å². The van der Waals surface area contributed by atoms with Crippen LogP contribution in [0.5, 0.6) is 0 Å². The number of esters is 1. The van der Waals surface area contributed by atoms with E-state index in [4.69, 9.17) is 0 Å². The molecule has 6 nitrogen and oxygen atoms in total. The van der Waals surface area contributed by atoms with Gasteiger partial charge >= 0.3 is 5.97 Å². The van der Waals surface area contributed by atoms with Crippen LogP contribution in [-0.2, 0) is 16.1 Å². The number of aromatic nitrogens is 3. The van der Waals surface area contributed by atoms with Gasteiger partial charge in [-0.15, -0.1) is 0 Å². The standard InChI is InChI=1S/C17H15N3O3S/c1-23-15(21)11-24-17-19-14-7-3-2-6-13(14)16(22)20(17)10-12-5-4-8-18-9-12/h2-9H,10-11H2,1H3. The summed E-state index contributed by atoms with van der Waals surface area (Å²) in [7, 11) is 1.33. The van der Waals surface area contributed by atoms with Gasteiger partial charge in [-0.2, -0.15) is 0 Å². The molecule has 0 saturated carbocycles. The van der Waals surface area contributed by atoms with Crippen LogP contribution in [0, 0.1) is 0 Å². The minimum absolute atomic E-state index is 0.0916. The number of fused-ring (bicyclic) bond motifs is 1. The number of thioether (sulfide) groups is 1. The molecule has 0 spiro atoms. The van der Waals surface area contributed by atoms with E-state index in [0.29, 0.717) is 22.6 Å². The Morgan fingerprint density at radius 1 is 1.25 bits per heavy atom. The number of para-hydroxylation sites is 1. The number of rotatable bonds is 5. The molecule has 122 valence electrons. The van der Waals surface area contributed by atoms with E-state index in [0.717, 1.165) is 5.56 Å². The third kappa shape index (κ3) is 3.46. The molecule has 7 heteroatoms. The second kappa shape index (κ2) is 7.27. The Morgan fingerprint density at radius 3 is 2.83 bits per heavy atom. The molecule has 0 bridgehead atoms. The van der Waals surface area contributed by atoms with E-state index in [1.54, 1.807) is 35.2 Å². The van der Waals surface area contributed by atoms with E-state index >= 15 is 0 Å². The molecule has 0 aliphatic carbocycles. The second-order valence-corrected chi connectivity index (χ2v) is 5.97. The molecule has 0 unspecified atom stereocenters. The largest absolute Gasteiger partial charge is 0.468 e. The molecule has 3 rings (SSSR count). The van der Waals surface area contributed by atoms with Crippen molar-refractivity contribution in [2.45, 2.75) is 11.7 Å². The van der Waals surface area contributed by atoms with Crippen molar-refractivity contribution in [2.75, 3.05) is 12.9 Å². The van der Waals surface area contributed by atoms with Crippen LogP contribution in [0.4, 0.5) is 0 Å². The summed E-state index contributed by atoms with van der Waals surface area (Å²) < 4.78 is 6.23. The summed E-state index contributed by atoms with van der Waals surface area (Å²) in [5, 5.41) is 1.02. The average Bonchev–Trinajstić information content (AvgIpc) is 2.63. The van der Waals surface area contributed by atoms with Gasteiger partial charge in [0.05, 0.1) is 30.3 Å². The number of methoxy groups -OCH3 is 1. The molecule has 0 aliphatic heterocycles. The SMILES string of the molecule is COC(=O)CSc1nc2ccccc2c(=O)n1Cc1cccnc1. The fraction of sp³-hybridized carbons (Fsp3) is 0.176. The van der Waals surface area contributed by atoms with Crippen molar-refractivity contribution in [3.05, 3.63) is 64.7 Å². The van der Waals surface area contributed by atoms with E-state index in [1.807, 2.05) is 18.2 Å². The molecule has 2 aromatic heterocycles. The smallest absolute Gasteiger partial charge is 0.316 e. The first-order valence-electron chi connectivity index (χ1n) is 7.27. The Kier molecular flexibility index (Phi) is 4.90. The lowest BCUT2D eigenvalue weighted by Crippen LogP contribution is -2.24. The number of nitrogens with zero attached hydrogens (tertiary/aromatic N) is 3. The molecule has 0 saturated heterocycles. The predicted octanol–water partition coefficient (Wildman–Crippen LogP) is 2.10. The number of carbonyl (C=O) groups is 1. The molecule has 3 aromatic rings. The van der Waals surface area contributed by atoms with Crippen molar-refractivity contribution in [2.24, 2.45) is 0 Å². The monoisotopic (exact) mass is 341 g/mol. The molecule has 0 N–H and O–H groups in total. The van der Waals surface area contributed by atoms with Crippen molar-refractivity contribution in [1.29, 1.82) is 0 Å². The molecule has 24 heavy (non-hydrogen) atoms. The van der Waals surface area contributed by atoms with Gasteiger partial charge in [-0.1, -0.05) is 30.0 Å². The van der Waals surface area contributed by atoms with Gasteiger partial charge in [0.1, 0.15) is 0 Å². The quantitative estimate of drug-likeness (QED) is 0.402. The van der Waals surface area contributed by atoms with E-state index in [2.05, 4.69) is 14.7 Å². The Morgan fingerprint density at radius 2 is 2.08 bits per heavy atom. The number of ether oxygens (including phenoxy) is 1. The zero-order valence-corrected chi connectivity index (χ0v) is 13.8. The summed E-state index contributed by atoms with van der Waals surface area (Å²) in [4.78, 5) is 32.9. The first-order valence-corrected chi connectivity index (χ1v) is 8.25. The van der Waals surface area contributed by atoms with Gasteiger partial charge in [0.25, 0.3) is 5.56 Å². The van der Waals surface area contributed by atoms with Gasteiger partial charge in [0.15, 0.2) is 5.16 Å². The molecular formula is C17H15N3O3S. The summed E-state index contributed by atoms with van der Waals surface area (Å²) in [5.74, 6) is -0.274. The number of pyridine rings is 1. The molecule has 2 heterocycles. The molecule has 0 aliphatic rings. The van der Waals surface area contributed by atoms with Crippen LogP contribution in [0.1, 0.15) is 5.56 Å². The van der Waals surface area contributed by atoms with E-state index in [-0.39, 0.29) is 17.3 Å². The lowest BCUT2D eigenvalue weighted by Gasteiger charge is -2.12. The van der Waals surface area contributed by atoms with Crippen LogP contribution in [0.3, 0.4) is 0 Å². The molecular weight excluding hydrogens is 326 g/mol. The third-order valence-corrected chi connectivity index (χ3v) is 4.39. The summed E-state index contributed by atoms with van der Waals surface area (Å²) in [6.07, 6.45) is 3.38. The Labute approximate surface area is 142 Å². The highest BCUT2D eigenvalue weighted by Crippen LogP contribution is 2.19. The highest BCUT2D eigenvalue weighted by atomic mass is 32.2. The molecule has 0 atom stereocenters. The van der Waals surface area contributed by atoms with Crippen molar-refractivity contribution in [1.82, 2.24) is 14.5 Å². The number of hydrogen-bond donors (Lipinski definition) is 0. The topological polar surface area (TPSA) is 74.1 Å². The Hall–Kier alpha value is -2.67. The lowest BCUT2D eigenvalue weighted by atomic mass is 10.2. The summed E-state index contributed by atoms with van der Waals surface area (Å²) in [6.45, 7) is 0.341. The van der Waals surface area contributed by atoms with E-state index < -0.39 is 0 Å². The van der Waals surface area contributed by atoms with E-state index in [1.165, 1.54) is 18.9 Å². The fourth-order valence-electron chi connectivity index (χ4n) is 2.25. The number of carbonyl (C=O) groups excluding carboxylic acids is 1. The average molecular weight is 341 g/mol. The maximum Gasteiger partial charge on any atom is 0.316 e. The van der Waals surface area contributed by atoms with Gasteiger partial charge in [-0.3, -0.25) is 19.1 Å². The van der Waals surface area contributed by atoms with Gasteiger partial charge < -0.3 is 4.74 Å². The van der Waals surface area contributed by atoms with Gasteiger partial charge in [0.2, 0.25) is 0 Å². The van der Waals surface area contributed by atoms with Gasteiger partial charge in [0, 0.05) is 12.4 Å². The minimum Gasteiger partial charge on any atom is -0.468 e. The summed E-state index contributed by atoms with van der Waals surface area (Å²) in [6, 6.07) is 10.9. The third-order valence-electron chi connectivity index (χ3n) is 3.44. The van der Waals surface area contributed by atoms with Crippen LogP contribution < -0.4 is 5.56 Å². The van der Waals surface area contributed by atoms with Crippen LogP contribution in [-0.4, -0.2) is 33.4 Å². The number of benzene rings is 1. The van der Waals surface area contributed by atoms with E-state index in [9.17, 15) is 9.59 Å². The minimum atomic E-state index is -0.365. The van der Waals surface area contributed by atoms with Crippen molar-refractivity contribution >= 4 is 28.6 Å². The molecule has 0 fully saturated rings. The molecule has 0 radical (unpaired) electrons. The highest BCUT2D eigenvalue weighted by molar-refractivity contribution is 7.99. The van der Waals surface area contributed by atoms with Crippen molar-refractivity contribution in [3.63, 3.8) is 0 Å². The first-order chi connectivity index (χ1) is 11.7. The second-order valence-electron chi connectivity index (χ2n) is 5.03. The van der Waals surface area contributed by atoms with Crippen LogP contribution in [0.15, 0.2) is 58.7 Å². The first kappa shape index (κ1) is 16.2.